The van der Waals surface area contributed by atoms with Crippen LogP contribution >= 0.6 is 0 Å². The molecule has 0 radical (unpaired) electrons. The normalized spacial score (nSPS) is 15.0. The van der Waals surface area contributed by atoms with Gasteiger partial charge in [-0.05, 0) is 35.6 Å². The molecule has 0 aromatic heterocycles. The van der Waals surface area contributed by atoms with Gasteiger partial charge in [0.25, 0.3) is 0 Å². The van der Waals surface area contributed by atoms with Crippen LogP contribution in [0.4, 0.5) is 0 Å². The maximum absolute atomic E-state index is 3.56. The first kappa shape index (κ1) is 13.4. The lowest BCUT2D eigenvalue weighted by Gasteiger charge is -2.25. The zero-order chi connectivity index (χ0) is 13.6. The number of rotatable bonds is 6. The molecule has 20 heavy (non-hydrogen) atoms. The summed E-state index contributed by atoms with van der Waals surface area (Å²) in [6, 6.07) is 19.5. The molecule has 2 aromatic carbocycles. The Balaban J connectivity index is 1.48. The summed E-state index contributed by atoms with van der Waals surface area (Å²) in [4.78, 5) is 0. The van der Waals surface area contributed by atoms with E-state index in [1.54, 1.807) is 0 Å². The first-order valence-corrected chi connectivity index (χ1v) is 7.77. The topological polar surface area (TPSA) is 12.0 Å². The zero-order valence-corrected chi connectivity index (χ0v) is 12.0. The molecule has 3 rings (SSSR count). The molecule has 1 aliphatic rings. The van der Waals surface area contributed by atoms with E-state index in [0.717, 1.165) is 19.0 Å². The van der Waals surface area contributed by atoms with Crippen molar-refractivity contribution < 1.29 is 0 Å². The quantitative estimate of drug-likeness (QED) is 0.751. The lowest BCUT2D eigenvalue weighted by Crippen LogP contribution is -2.21. The van der Waals surface area contributed by atoms with Crippen LogP contribution in [0.15, 0.2) is 54.6 Å². The molecule has 0 atom stereocenters. The van der Waals surface area contributed by atoms with Crippen molar-refractivity contribution in [3.05, 3.63) is 60.2 Å². The Hall–Kier alpha value is -1.60. The summed E-state index contributed by atoms with van der Waals surface area (Å²) in [5, 5.41) is 3.56. The SMILES string of the molecule is c1ccc(-c2ccc(CNCCC3CCC3)cc2)cc1. The minimum Gasteiger partial charge on any atom is -0.313 e. The molecule has 0 amide bonds. The highest BCUT2D eigenvalue weighted by Gasteiger charge is 2.15. The Kier molecular flexibility index (Phi) is 4.49. The van der Waals surface area contributed by atoms with Crippen molar-refractivity contribution in [1.29, 1.82) is 0 Å². The molecule has 2 aromatic rings. The molecule has 0 spiro atoms. The largest absolute Gasteiger partial charge is 0.313 e. The van der Waals surface area contributed by atoms with Crippen LogP contribution in [-0.2, 0) is 6.54 Å². The molecule has 1 heteroatoms. The van der Waals surface area contributed by atoms with E-state index in [2.05, 4.69) is 59.9 Å². The van der Waals surface area contributed by atoms with E-state index < -0.39 is 0 Å². The van der Waals surface area contributed by atoms with Crippen molar-refractivity contribution in [2.75, 3.05) is 6.54 Å². The van der Waals surface area contributed by atoms with Crippen LogP contribution in [0, 0.1) is 5.92 Å². The van der Waals surface area contributed by atoms with E-state index in [9.17, 15) is 0 Å². The second-order valence-corrected chi connectivity index (χ2v) is 5.83. The van der Waals surface area contributed by atoms with Crippen LogP contribution in [0.2, 0.25) is 0 Å². The molecule has 1 nitrogen and oxygen atoms in total. The van der Waals surface area contributed by atoms with Gasteiger partial charge >= 0.3 is 0 Å². The van der Waals surface area contributed by atoms with Gasteiger partial charge in [-0.3, -0.25) is 0 Å². The van der Waals surface area contributed by atoms with Gasteiger partial charge in [-0.15, -0.1) is 0 Å². The fraction of sp³-hybridized carbons (Fsp3) is 0.368. The predicted molar refractivity (Wildman–Crippen MR) is 85.5 cm³/mol. The predicted octanol–water partition coefficient (Wildman–Crippen LogP) is 4.63. The molecule has 0 heterocycles. The maximum atomic E-state index is 3.56. The van der Waals surface area contributed by atoms with Crippen molar-refractivity contribution in [3.8, 4) is 11.1 Å². The minimum atomic E-state index is 0.988. The molecule has 1 fully saturated rings. The average molecular weight is 265 g/mol. The van der Waals surface area contributed by atoms with Gasteiger partial charge in [0, 0.05) is 6.54 Å². The van der Waals surface area contributed by atoms with Gasteiger partial charge in [0.1, 0.15) is 0 Å². The molecule has 1 N–H and O–H groups in total. The summed E-state index contributed by atoms with van der Waals surface area (Å²) in [5.41, 5.74) is 3.96. The molecular formula is C19H23N. The Morgan fingerprint density at radius 2 is 1.55 bits per heavy atom. The fourth-order valence-electron chi connectivity index (χ4n) is 2.77. The highest BCUT2D eigenvalue weighted by Crippen LogP contribution is 2.28. The van der Waals surface area contributed by atoms with E-state index >= 15 is 0 Å². The van der Waals surface area contributed by atoms with Gasteiger partial charge in [0.05, 0.1) is 0 Å². The molecule has 0 aliphatic heterocycles. The third-order valence-corrected chi connectivity index (χ3v) is 4.34. The number of nitrogens with one attached hydrogen (secondary N) is 1. The van der Waals surface area contributed by atoms with Gasteiger partial charge in [0.2, 0.25) is 0 Å². The second kappa shape index (κ2) is 6.71. The first-order chi connectivity index (χ1) is 9.92. The fourth-order valence-corrected chi connectivity index (χ4v) is 2.77. The monoisotopic (exact) mass is 265 g/mol. The highest BCUT2D eigenvalue weighted by atomic mass is 14.8. The number of benzene rings is 2. The summed E-state index contributed by atoms with van der Waals surface area (Å²) in [6.45, 7) is 2.15. The molecule has 0 bridgehead atoms. The number of hydrogen-bond donors (Lipinski definition) is 1. The Morgan fingerprint density at radius 1 is 0.850 bits per heavy atom. The molecule has 1 saturated carbocycles. The van der Waals surface area contributed by atoms with Crippen LogP contribution < -0.4 is 5.32 Å². The third-order valence-electron chi connectivity index (χ3n) is 4.34. The van der Waals surface area contributed by atoms with Crippen LogP contribution in [-0.4, -0.2) is 6.54 Å². The highest BCUT2D eigenvalue weighted by molar-refractivity contribution is 5.63. The minimum absolute atomic E-state index is 0.988. The summed E-state index contributed by atoms with van der Waals surface area (Å²) in [5.74, 6) is 1.00. The van der Waals surface area contributed by atoms with Gasteiger partial charge in [0.15, 0.2) is 0 Å². The average Bonchev–Trinajstić information content (AvgIpc) is 2.47. The smallest absolute Gasteiger partial charge is 0.0205 e. The first-order valence-electron chi connectivity index (χ1n) is 7.77. The van der Waals surface area contributed by atoms with Gasteiger partial charge in [-0.2, -0.15) is 0 Å². The van der Waals surface area contributed by atoms with Crippen molar-refractivity contribution in [2.45, 2.75) is 32.2 Å². The lowest BCUT2D eigenvalue weighted by atomic mass is 9.83. The van der Waals surface area contributed by atoms with E-state index in [1.165, 1.54) is 42.4 Å². The van der Waals surface area contributed by atoms with Crippen molar-refractivity contribution in [1.82, 2.24) is 5.32 Å². The Bertz CT molecular complexity index is 511. The standard InChI is InChI=1S/C19H23N/c1-2-7-18(8-3-1)19-11-9-17(10-12-19)15-20-14-13-16-5-4-6-16/h1-3,7-12,16,20H,4-6,13-15H2. The van der Waals surface area contributed by atoms with E-state index in [0.29, 0.717) is 0 Å². The lowest BCUT2D eigenvalue weighted by molar-refractivity contribution is 0.292. The number of hydrogen-bond acceptors (Lipinski definition) is 1. The summed E-state index contributed by atoms with van der Waals surface area (Å²) < 4.78 is 0. The van der Waals surface area contributed by atoms with Gasteiger partial charge in [-0.25, -0.2) is 0 Å². The van der Waals surface area contributed by atoms with Crippen molar-refractivity contribution >= 4 is 0 Å². The summed E-state index contributed by atoms with van der Waals surface area (Å²) >= 11 is 0. The maximum Gasteiger partial charge on any atom is 0.0205 e. The second-order valence-electron chi connectivity index (χ2n) is 5.83. The summed E-state index contributed by atoms with van der Waals surface area (Å²) in [6.07, 6.45) is 5.70. The Labute approximate surface area is 122 Å². The van der Waals surface area contributed by atoms with E-state index in [4.69, 9.17) is 0 Å². The van der Waals surface area contributed by atoms with E-state index in [-0.39, 0.29) is 0 Å². The summed E-state index contributed by atoms with van der Waals surface area (Å²) in [7, 11) is 0. The third kappa shape index (κ3) is 3.49. The van der Waals surface area contributed by atoms with Crippen LogP contribution in [0.25, 0.3) is 11.1 Å². The van der Waals surface area contributed by atoms with Gasteiger partial charge < -0.3 is 5.32 Å². The zero-order valence-electron chi connectivity index (χ0n) is 12.0. The van der Waals surface area contributed by atoms with Crippen LogP contribution in [0.1, 0.15) is 31.2 Å². The molecular weight excluding hydrogens is 242 g/mol. The van der Waals surface area contributed by atoms with Gasteiger partial charge in [-0.1, -0.05) is 73.9 Å². The molecule has 0 saturated heterocycles. The van der Waals surface area contributed by atoms with Crippen LogP contribution in [0.3, 0.4) is 0 Å². The Morgan fingerprint density at radius 3 is 2.20 bits per heavy atom. The molecule has 0 unspecified atom stereocenters. The van der Waals surface area contributed by atoms with Crippen LogP contribution in [0.5, 0.6) is 0 Å². The molecule has 1 aliphatic carbocycles. The van der Waals surface area contributed by atoms with E-state index in [1.807, 2.05) is 0 Å². The molecule has 104 valence electrons. The van der Waals surface area contributed by atoms with Crippen molar-refractivity contribution in [2.24, 2.45) is 5.92 Å². The van der Waals surface area contributed by atoms with Crippen molar-refractivity contribution in [3.63, 3.8) is 0 Å².